The molecule has 130 valence electrons. The predicted molar refractivity (Wildman–Crippen MR) is 94.7 cm³/mol. The summed E-state index contributed by atoms with van der Waals surface area (Å²) in [6.07, 6.45) is -0.728. The molecule has 2 amide bonds. The van der Waals surface area contributed by atoms with Crippen LogP contribution in [0.5, 0.6) is 0 Å². The Morgan fingerprint density at radius 3 is 2.56 bits per heavy atom. The number of aryl methyl sites for hydroxylation is 1. The highest BCUT2D eigenvalue weighted by Crippen LogP contribution is 2.29. The van der Waals surface area contributed by atoms with Crippen LogP contribution in [0.1, 0.15) is 22.7 Å². The van der Waals surface area contributed by atoms with Crippen LogP contribution in [-0.2, 0) is 20.9 Å². The Balaban J connectivity index is 1.77. The predicted octanol–water partition coefficient (Wildman–Crippen LogP) is 2.21. The molecule has 1 aliphatic rings. The topological polar surface area (TPSA) is 58.6 Å². The number of carbonyl (C=O) groups excluding carboxylic acids is 2. The van der Waals surface area contributed by atoms with E-state index in [4.69, 9.17) is 4.74 Å². The van der Waals surface area contributed by atoms with Gasteiger partial charge in [-0.05, 0) is 23.6 Å². The maximum atomic E-state index is 12.7. The third kappa shape index (κ3) is 3.72. The summed E-state index contributed by atoms with van der Waals surface area (Å²) in [7, 11) is 1.71. The molecule has 0 radical (unpaired) electrons. The van der Waals surface area contributed by atoms with Gasteiger partial charge in [0.05, 0.1) is 6.04 Å². The lowest BCUT2D eigenvalue weighted by atomic mass is 9.97. The number of nitrogens with zero attached hydrogens (tertiary/aromatic N) is 1. The molecule has 0 saturated carbocycles. The number of benzene rings is 2. The lowest BCUT2D eigenvalue weighted by molar-refractivity contribution is -0.162. The van der Waals surface area contributed by atoms with Crippen LogP contribution >= 0.6 is 0 Å². The molecule has 1 saturated heterocycles. The van der Waals surface area contributed by atoms with Gasteiger partial charge in [-0.15, -0.1) is 0 Å². The van der Waals surface area contributed by atoms with Gasteiger partial charge in [-0.3, -0.25) is 9.59 Å². The van der Waals surface area contributed by atoms with Crippen molar-refractivity contribution in [1.82, 2.24) is 10.2 Å². The van der Waals surface area contributed by atoms with E-state index >= 15 is 0 Å². The largest absolute Gasteiger partial charge is 0.356 e. The molecule has 3 rings (SSSR count). The van der Waals surface area contributed by atoms with Gasteiger partial charge in [0.2, 0.25) is 5.91 Å². The molecule has 1 heterocycles. The SMILES string of the molecule is Cc1ccccc1CNC(=O)[C@@H]1OCC(=O)N(C)[C@@H]1c1ccccc1. The van der Waals surface area contributed by atoms with Gasteiger partial charge in [0.25, 0.3) is 5.91 Å². The highest BCUT2D eigenvalue weighted by molar-refractivity contribution is 5.86. The molecule has 2 aromatic rings. The minimum Gasteiger partial charge on any atom is -0.356 e. The molecule has 1 N–H and O–H groups in total. The average Bonchev–Trinajstić information content (AvgIpc) is 2.63. The summed E-state index contributed by atoms with van der Waals surface area (Å²) in [5, 5.41) is 2.94. The number of ether oxygens (including phenoxy) is 1. The Morgan fingerprint density at radius 2 is 1.84 bits per heavy atom. The molecule has 0 aromatic heterocycles. The van der Waals surface area contributed by atoms with Gasteiger partial charge in [0.15, 0.2) is 6.10 Å². The molecule has 25 heavy (non-hydrogen) atoms. The van der Waals surface area contributed by atoms with E-state index in [1.807, 2.05) is 61.5 Å². The third-order valence-electron chi connectivity index (χ3n) is 4.60. The zero-order chi connectivity index (χ0) is 17.8. The number of morpholine rings is 1. The summed E-state index contributed by atoms with van der Waals surface area (Å²) in [5.41, 5.74) is 3.07. The Hall–Kier alpha value is -2.66. The summed E-state index contributed by atoms with van der Waals surface area (Å²) in [6.45, 7) is 2.37. The Morgan fingerprint density at radius 1 is 1.16 bits per heavy atom. The normalized spacial score (nSPS) is 20.4. The number of rotatable bonds is 4. The second kappa shape index (κ2) is 7.49. The van der Waals surface area contributed by atoms with Crippen LogP contribution in [0.15, 0.2) is 54.6 Å². The maximum absolute atomic E-state index is 12.7. The summed E-state index contributed by atoms with van der Waals surface area (Å²) in [4.78, 5) is 26.4. The van der Waals surface area contributed by atoms with E-state index in [2.05, 4.69) is 5.32 Å². The fourth-order valence-electron chi connectivity index (χ4n) is 3.07. The van der Waals surface area contributed by atoms with Crippen LogP contribution in [0.25, 0.3) is 0 Å². The number of hydrogen-bond acceptors (Lipinski definition) is 3. The number of nitrogens with one attached hydrogen (secondary N) is 1. The number of carbonyl (C=O) groups is 2. The minimum atomic E-state index is -0.728. The first-order valence-electron chi connectivity index (χ1n) is 8.32. The lowest BCUT2D eigenvalue weighted by Gasteiger charge is -2.38. The fourth-order valence-corrected chi connectivity index (χ4v) is 3.07. The van der Waals surface area contributed by atoms with Crippen LogP contribution < -0.4 is 5.32 Å². The van der Waals surface area contributed by atoms with Crippen molar-refractivity contribution in [3.8, 4) is 0 Å². The Bertz CT molecular complexity index is 761. The molecular formula is C20H22N2O3. The summed E-state index contributed by atoms with van der Waals surface area (Å²) in [5.74, 6) is -0.340. The van der Waals surface area contributed by atoms with E-state index in [0.717, 1.165) is 16.7 Å². The smallest absolute Gasteiger partial charge is 0.251 e. The molecule has 1 fully saturated rings. The van der Waals surface area contributed by atoms with Gasteiger partial charge < -0.3 is 15.0 Å². The van der Waals surface area contributed by atoms with Gasteiger partial charge in [-0.25, -0.2) is 0 Å². The van der Waals surface area contributed by atoms with Crippen molar-refractivity contribution in [2.75, 3.05) is 13.7 Å². The molecular weight excluding hydrogens is 316 g/mol. The van der Waals surface area contributed by atoms with E-state index in [9.17, 15) is 9.59 Å². The second-order valence-corrected chi connectivity index (χ2v) is 6.24. The van der Waals surface area contributed by atoms with Crippen LogP contribution in [0, 0.1) is 6.92 Å². The van der Waals surface area contributed by atoms with Gasteiger partial charge in [0, 0.05) is 13.6 Å². The zero-order valence-corrected chi connectivity index (χ0v) is 14.4. The monoisotopic (exact) mass is 338 g/mol. The quantitative estimate of drug-likeness (QED) is 0.930. The summed E-state index contributed by atoms with van der Waals surface area (Å²) >= 11 is 0. The maximum Gasteiger partial charge on any atom is 0.251 e. The van der Waals surface area contributed by atoms with Crippen molar-refractivity contribution in [2.45, 2.75) is 25.6 Å². The van der Waals surface area contributed by atoms with E-state index < -0.39 is 12.1 Å². The minimum absolute atomic E-state index is 0.0811. The van der Waals surface area contributed by atoms with E-state index in [1.54, 1.807) is 11.9 Å². The average molecular weight is 338 g/mol. The molecule has 5 heteroatoms. The standard InChI is InChI=1S/C20H22N2O3/c1-14-8-6-7-11-16(14)12-21-20(24)19-18(15-9-4-3-5-10-15)22(2)17(23)13-25-19/h3-11,18-19H,12-13H2,1-2H3,(H,21,24)/t18-,19-/m1/s1. The summed E-state index contributed by atoms with van der Waals surface area (Å²) in [6, 6.07) is 17.0. The van der Waals surface area contributed by atoms with Crippen LogP contribution in [0.3, 0.4) is 0 Å². The van der Waals surface area contributed by atoms with Crippen LogP contribution in [0.2, 0.25) is 0 Å². The Kier molecular flexibility index (Phi) is 5.14. The van der Waals surface area contributed by atoms with Gasteiger partial charge in [-0.1, -0.05) is 54.6 Å². The first-order chi connectivity index (χ1) is 12.1. The van der Waals surface area contributed by atoms with Crippen LogP contribution in [-0.4, -0.2) is 36.5 Å². The van der Waals surface area contributed by atoms with Crippen molar-refractivity contribution >= 4 is 11.8 Å². The van der Waals surface area contributed by atoms with E-state index in [-0.39, 0.29) is 18.4 Å². The highest BCUT2D eigenvalue weighted by Gasteiger charge is 2.39. The molecule has 0 unspecified atom stereocenters. The molecule has 0 bridgehead atoms. The third-order valence-corrected chi connectivity index (χ3v) is 4.60. The van der Waals surface area contributed by atoms with Crippen molar-refractivity contribution < 1.29 is 14.3 Å². The fraction of sp³-hybridized carbons (Fsp3) is 0.300. The van der Waals surface area contributed by atoms with Gasteiger partial charge in [-0.2, -0.15) is 0 Å². The van der Waals surface area contributed by atoms with Gasteiger partial charge in [0.1, 0.15) is 6.61 Å². The van der Waals surface area contributed by atoms with Gasteiger partial charge >= 0.3 is 0 Å². The first kappa shape index (κ1) is 17.2. The molecule has 0 aliphatic carbocycles. The Labute approximate surface area is 147 Å². The second-order valence-electron chi connectivity index (χ2n) is 6.24. The molecule has 0 spiro atoms. The first-order valence-corrected chi connectivity index (χ1v) is 8.32. The number of hydrogen-bond donors (Lipinski definition) is 1. The lowest BCUT2D eigenvalue weighted by Crippen LogP contribution is -2.52. The molecule has 5 nitrogen and oxygen atoms in total. The summed E-state index contributed by atoms with van der Waals surface area (Å²) < 4.78 is 5.60. The van der Waals surface area contributed by atoms with Crippen molar-refractivity contribution in [3.05, 3.63) is 71.3 Å². The number of amides is 2. The molecule has 2 atom stereocenters. The van der Waals surface area contributed by atoms with Crippen molar-refractivity contribution in [2.24, 2.45) is 0 Å². The number of likely N-dealkylation sites (N-methyl/N-ethyl adjacent to an activating group) is 1. The van der Waals surface area contributed by atoms with Crippen LogP contribution in [0.4, 0.5) is 0 Å². The van der Waals surface area contributed by atoms with Crippen molar-refractivity contribution in [3.63, 3.8) is 0 Å². The zero-order valence-electron chi connectivity index (χ0n) is 14.4. The van der Waals surface area contributed by atoms with E-state index in [1.165, 1.54) is 0 Å². The van der Waals surface area contributed by atoms with E-state index in [0.29, 0.717) is 6.54 Å². The van der Waals surface area contributed by atoms with Crippen molar-refractivity contribution in [1.29, 1.82) is 0 Å². The molecule has 2 aromatic carbocycles. The molecule has 1 aliphatic heterocycles. The highest BCUT2D eigenvalue weighted by atomic mass is 16.5.